The highest BCUT2D eigenvalue weighted by molar-refractivity contribution is 5.97. The number of nitrogens with zero attached hydrogens (tertiary/aromatic N) is 5. The third-order valence-corrected chi connectivity index (χ3v) is 5.12. The van der Waals surface area contributed by atoms with E-state index in [0.29, 0.717) is 24.4 Å². The molecule has 0 saturated carbocycles. The van der Waals surface area contributed by atoms with Crippen molar-refractivity contribution in [1.29, 1.82) is 0 Å². The number of fused-ring (bicyclic) bond motifs is 1. The van der Waals surface area contributed by atoms with Gasteiger partial charge in [-0.2, -0.15) is 5.10 Å². The Morgan fingerprint density at radius 1 is 1.14 bits per heavy atom. The molecule has 1 aromatic carbocycles. The number of anilines is 1. The van der Waals surface area contributed by atoms with Gasteiger partial charge in [-0.1, -0.05) is 12.1 Å². The molecule has 4 rings (SSSR count). The Balaban J connectivity index is 1.49. The summed E-state index contributed by atoms with van der Waals surface area (Å²) in [4.78, 5) is 34.9. The number of imidazole rings is 1. The van der Waals surface area contributed by atoms with Crippen LogP contribution in [0.25, 0.3) is 17.0 Å². The van der Waals surface area contributed by atoms with E-state index in [2.05, 4.69) is 20.4 Å². The number of aryl methyl sites for hydroxylation is 2. The molecule has 1 atom stereocenters. The van der Waals surface area contributed by atoms with Gasteiger partial charge in [0, 0.05) is 24.2 Å². The molecule has 8 heteroatoms. The number of amides is 2. The number of rotatable bonds is 4. The normalized spacial score (nSPS) is 15.2. The highest BCUT2D eigenvalue weighted by Gasteiger charge is 2.29. The van der Waals surface area contributed by atoms with Crippen molar-refractivity contribution in [2.75, 3.05) is 11.9 Å². The number of carbonyl (C=O) groups excluding carboxylic acids is 2. The molecular weight excluding hydrogens is 356 g/mol. The number of hydrogen-bond acceptors (Lipinski definition) is 5. The number of carbonyl (C=O) groups is 2. The fourth-order valence-electron chi connectivity index (χ4n) is 3.31. The van der Waals surface area contributed by atoms with Crippen LogP contribution in [0.2, 0.25) is 0 Å². The van der Waals surface area contributed by atoms with Gasteiger partial charge in [0.05, 0.1) is 23.3 Å². The summed E-state index contributed by atoms with van der Waals surface area (Å²) in [6.07, 6.45) is 3.17. The van der Waals surface area contributed by atoms with Gasteiger partial charge < -0.3 is 10.2 Å². The van der Waals surface area contributed by atoms with Crippen LogP contribution in [-0.4, -0.2) is 48.9 Å². The Morgan fingerprint density at radius 2 is 1.89 bits per heavy atom. The molecule has 28 heavy (non-hydrogen) atoms. The molecular formula is C20H22N6O2. The van der Waals surface area contributed by atoms with Gasteiger partial charge in [0.2, 0.25) is 11.8 Å². The van der Waals surface area contributed by atoms with Gasteiger partial charge >= 0.3 is 0 Å². The Kier molecular flexibility index (Phi) is 4.54. The van der Waals surface area contributed by atoms with E-state index in [-0.39, 0.29) is 11.8 Å². The summed E-state index contributed by atoms with van der Waals surface area (Å²) in [7, 11) is 0. The van der Waals surface area contributed by atoms with E-state index in [1.807, 2.05) is 44.3 Å². The molecule has 1 aliphatic heterocycles. The minimum Gasteiger partial charge on any atom is -0.331 e. The zero-order valence-corrected chi connectivity index (χ0v) is 16.1. The molecule has 1 N–H and O–H groups in total. The molecule has 1 fully saturated rings. The SMILES string of the molecule is Cc1nc2nc(-c3ccc(NC(=O)[C@@H](C)N4CCCC4=O)cc3)cn2nc1C. The number of nitrogens with one attached hydrogen (secondary N) is 1. The number of aromatic nitrogens is 4. The average Bonchev–Trinajstić information content (AvgIpc) is 3.28. The van der Waals surface area contributed by atoms with Gasteiger partial charge in [-0.15, -0.1) is 0 Å². The molecule has 2 amide bonds. The van der Waals surface area contributed by atoms with Crippen molar-refractivity contribution in [3.8, 4) is 11.3 Å². The topological polar surface area (TPSA) is 92.5 Å². The molecule has 1 saturated heterocycles. The summed E-state index contributed by atoms with van der Waals surface area (Å²) in [6, 6.07) is 6.96. The van der Waals surface area contributed by atoms with Crippen LogP contribution in [0, 0.1) is 13.8 Å². The molecule has 8 nitrogen and oxygen atoms in total. The first kappa shape index (κ1) is 18.1. The lowest BCUT2D eigenvalue weighted by Gasteiger charge is -2.23. The second-order valence-corrected chi connectivity index (χ2v) is 7.09. The molecule has 3 aromatic rings. The molecule has 1 aliphatic rings. The van der Waals surface area contributed by atoms with E-state index < -0.39 is 6.04 Å². The Bertz CT molecular complexity index is 1020. The maximum absolute atomic E-state index is 12.4. The molecule has 0 bridgehead atoms. The smallest absolute Gasteiger partial charge is 0.251 e. The van der Waals surface area contributed by atoms with Crippen LogP contribution >= 0.6 is 0 Å². The zero-order valence-electron chi connectivity index (χ0n) is 16.1. The Morgan fingerprint density at radius 3 is 2.57 bits per heavy atom. The van der Waals surface area contributed by atoms with E-state index in [1.165, 1.54) is 0 Å². The summed E-state index contributed by atoms with van der Waals surface area (Å²) >= 11 is 0. The second-order valence-electron chi connectivity index (χ2n) is 7.09. The predicted octanol–water partition coefficient (Wildman–Crippen LogP) is 2.36. The summed E-state index contributed by atoms with van der Waals surface area (Å²) in [5, 5.41) is 7.32. The van der Waals surface area contributed by atoms with Crippen molar-refractivity contribution in [3.05, 3.63) is 41.9 Å². The summed E-state index contributed by atoms with van der Waals surface area (Å²) in [5.74, 6) is 0.409. The highest BCUT2D eigenvalue weighted by atomic mass is 16.2. The van der Waals surface area contributed by atoms with Crippen LogP contribution in [0.15, 0.2) is 30.5 Å². The van der Waals surface area contributed by atoms with Gasteiger partial charge in [-0.25, -0.2) is 14.5 Å². The Hall–Kier alpha value is -3.29. The first-order valence-corrected chi connectivity index (χ1v) is 9.34. The van der Waals surface area contributed by atoms with Gasteiger partial charge in [0.25, 0.3) is 5.78 Å². The summed E-state index contributed by atoms with van der Waals surface area (Å²) < 4.78 is 1.67. The highest BCUT2D eigenvalue weighted by Crippen LogP contribution is 2.22. The summed E-state index contributed by atoms with van der Waals surface area (Å²) in [5.41, 5.74) is 4.06. The van der Waals surface area contributed by atoms with Crippen LogP contribution in [0.1, 0.15) is 31.2 Å². The standard InChI is InChI=1S/C20H22N6O2/c1-12-13(2)24-26-11-17(23-20(26)21-12)15-6-8-16(9-7-15)22-19(28)14(3)25-10-4-5-18(25)27/h6-9,11,14H,4-5,10H2,1-3H3,(H,22,28)/t14-/m1/s1. The van der Waals surface area contributed by atoms with Crippen LogP contribution in [0.5, 0.6) is 0 Å². The van der Waals surface area contributed by atoms with Gasteiger partial charge in [-0.05, 0) is 39.3 Å². The fourth-order valence-corrected chi connectivity index (χ4v) is 3.31. The van der Waals surface area contributed by atoms with Crippen LogP contribution < -0.4 is 5.32 Å². The van der Waals surface area contributed by atoms with Crippen molar-refractivity contribution >= 4 is 23.3 Å². The van der Waals surface area contributed by atoms with Gasteiger partial charge in [-0.3, -0.25) is 9.59 Å². The van der Waals surface area contributed by atoms with Gasteiger partial charge in [0.15, 0.2) is 0 Å². The number of likely N-dealkylation sites (tertiary alicyclic amines) is 1. The third-order valence-electron chi connectivity index (χ3n) is 5.12. The van der Waals surface area contributed by atoms with Crippen LogP contribution in [-0.2, 0) is 9.59 Å². The van der Waals surface area contributed by atoms with E-state index in [1.54, 1.807) is 16.3 Å². The average molecular weight is 378 g/mol. The van der Waals surface area contributed by atoms with Crippen molar-refractivity contribution in [2.45, 2.75) is 39.7 Å². The maximum atomic E-state index is 12.4. The minimum absolute atomic E-state index is 0.0394. The molecule has 0 unspecified atom stereocenters. The lowest BCUT2D eigenvalue weighted by Crippen LogP contribution is -2.42. The predicted molar refractivity (Wildman–Crippen MR) is 105 cm³/mol. The first-order chi connectivity index (χ1) is 13.4. The lowest BCUT2D eigenvalue weighted by atomic mass is 10.1. The third kappa shape index (κ3) is 3.33. The zero-order chi connectivity index (χ0) is 19.8. The number of benzene rings is 1. The van der Waals surface area contributed by atoms with Crippen molar-refractivity contribution in [1.82, 2.24) is 24.5 Å². The fraction of sp³-hybridized carbons (Fsp3) is 0.350. The lowest BCUT2D eigenvalue weighted by molar-refractivity contribution is -0.134. The maximum Gasteiger partial charge on any atom is 0.251 e. The van der Waals surface area contributed by atoms with Crippen LogP contribution in [0.4, 0.5) is 5.69 Å². The molecule has 3 heterocycles. The van der Waals surface area contributed by atoms with Crippen molar-refractivity contribution in [2.24, 2.45) is 0 Å². The minimum atomic E-state index is -0.475. The molecule has 0 radical (unpaired) electrons. The van der Waals surface area contributed by atoms with Crippen molar-refractivity contribution < 1.29 is 9.59 Å². The largest absolute Gasteiger partial charge is 0.331 e. The molecule has 2 aromatic heterocycles. The van der Waals surface area contributed by atoms with E-state index in [4.69, 9.17) is 0 Å². The molecule has 0 aliphatic carbocycles. The van der Waals surface area contributed by atoms with Gasteiger partial charge in [0.1, 0.15) is 6.04 Å². The molecule has 144 valence electrons. The number of hydrogen-bond donors (Lipinski definition) is 1. The first-order valence-electron chi connectivity index (χ1n) is 9.34. The molecule has 0 spiro atoms. The van der Waals surface area contributed by atoms with Crippen LogP contribution in [0.3, 0.4) is 0 Å². The van der Waals surface area contributed by atoms with Crippen molar-refractivity contribution in [3.63, 3.8) is 0 Å². The van der Waals surface area contributed by atoms with E-state index in [0.717, 1.165) is 29.1 Å². The second kappa shape index (κ2) is 7.03. The Labute approximate surface area is 162 Å². The summed E-state index contributed by atoms with van der Waals surface area (Å²) in [6.45, 7) is 6.22. The quantitative estimate of drug-likeness (QED) is 0.752. The monoisotopic (exact) mass is 378 g/mol. The van der Waals surface area contributed by atoms with E-state index >= 15 is 0 Å². The van der Waals surface area contributed by atoms with E-state index in [9.17, 15) is 9.59 Å².